The molecular weight excluding hydrogens is 265 g/mol. The van der Waals surface area contributed by atoms with E-state index in [1.165, 1.54) is 6.07 Å². The molecule has 0 amide bonds. The summed E-state index contributed by atoms with van der Waals surface area (Å²) in [6, 6.07) is 5.22. The number of benzene rings is 1. The fraction of sp³-hybridized carbons (Fsp3) is 0.600. The zero-order chi connectivity index (χ0) is 14.9. The van der Waals surface area contributed by atoms with Gasteiger partial charge in [0.2, 0.25) is 0 Å². The molecule has 1 aliphatic heterocycles. The maximum Gasteiger partial charge on any atom is 0.416 e. The zero-order valence-corrected chi connectivity index (χ0v) is 11.8. The molecule has 2 N–H and O–H groups in total. The lowest BCUT2D eigenvalue weighted by Gasteiger charge is -2.30. The van der Waals surface area contributed by atoms with Gasteiger partial charge in [-0.2, -0.15) is 13.2 Å². The van der Waals surface area contributed by atoms with E-state index in [-0.39, 0.29) is 12.1 Å². The summed E-state index contributed by atoms with van der Waals surface area (Å²) >= 11 is 0. The van der Waals surface area contributed by atoms with Crippen LogP contribution >= 0.6 is 0 Å². The standard InChI is InChI=1S/C15H21F3N2/c1-10(2)9-20-8-7-13(19)14(20)11-5-3-4-6-12(11)15(16,17)18/h3-6,10,13-14H,7-9,19H2,1-2H3. The van der Waals surface area contributed by atoms with Crippen LogP contribution in [0.3, 0.4) is 0 Å². The quantitative estimate of drug-likeness (QED) is 0.922. The molecule has 1 aromatic rings. The maximum absolute atomic E-state index is 13.2. The van der Waals surface area contributed by atoms with Gasteiger partial charge in [0, 0.05) is 19.1 Å². The van der Waals surface area contributed by atoms with Crippen LogP contribution < -0.4 is 5.73 Å². The Bertz CT molecular complexity index is 457. The zero-order valence-electron chi connectivity index (χ0n) is 11.8. The van der Waals surface area contributed by atoms with Gasteiger partial charge in [0.25, 0.3) is 0 Å². The molecule has 0 spiro atoms. The first-order valence-electron chi connectivity index (χ1n) is 6.96. The Hall–Kier alpha value is -1.07. The summed E-state index contributed by atoms with van der Waals surface area (Å²) in [4.78, 5) is 2.08. The van der Waals surface area contributed by atoms with Crippen LogP contribution in [-0.2, 0) is 6.18 Å². The predicted molar refractivity (Wildman–Crippen MR) is 73.2 cm³/mol. The average Bonchev–Trinajstić information content (AvgIpc) is 2.68. The van der Waals surface area contributed by atoms with Gasteiger partial charge in [-0.05, 0) is 24.0 Å². The minimum Gasteiger partial charge on any atom is -0.326 e. The molecule has 1 heterocycles. The molecule has 2 unspecified atom stereocenters. The lowest BCUT2D eigenvalue weighted by molar-refractivity contribution is -0.138. The van der Waals surface area contributed by atoms with Crippen LogP contribution in [-0.4, -0.2) is 24.0 Å². The summed E-state index contributed by atoms with van der Waals surface area (Å²) in [6.45, 7) is 5.66. The summed E-state index contributed by atoms with van der Waals surface area (Å²) in [5, 5.41) is 0. The molecule has 0 aromatic heterocycles. The molecule has 1 fully saturated rings. The number of likely N-dealkylation sites (tertiary alicyclic amines) is 1. The normalized spacial score (nSPS) is 24.6. The summed E-state index contributed by atoms with van der Waals surface area (Å²) in [5.74, 6) is 0.404. The van der Waals surface area contributed by atoms with Gasteiger partial charge in [0.05, 0.1) is 11.6 Å². The van der Waals surface area contributed by atoms with Gasteiger partial charge in [-0.25, -0.2) is 0 Å². The largest absolute Gasteiger partial charge is 0.416 e. The van der Waals surface area contributed by atoms with E-state index in [1.54, 1.807) is 12.1 Å². The van der Waals surface area contributed by atoms with E-state index in [9.17, 15) is 13.2 Å². The molecular formula is C15H21F3N2. The molecule has 112 valence electrons. The van der Waals surface area contributed by atoms with Gasteiger partial charge in [-0.3, -0.25) is 4.90 Å². The molecule has 0 bridgehead atoms. The number of alkyl halides is 3. The minimum atomic E-state index is -4.33. The van der Waals surface area contributed by atoms with Crippen molar-refractivity contribution >= 4 is 0 Å². The molecule has 0 aliphatic carbocycles. The second-order valence-electron chi connectivity index (χ2n) is 5.87. The Labute approximate surface area is 117 Å². The Balaban J connectivity index is 2.38. The topological polar surface area (TPSA) is 29.3 Å². The van der Waals surface area contributed by atoms with Crippen molar-refractivity contribution in [3.8, 4) is 0 Å². The van der Waals surface area contributed by atoms with Crippen LogP contribution in [0.15, 0.2) is 24.3 Å². The molecule has 0 saturated carbocycles. The van der Waals surface area contributed by atoms with Crippen LogP contribution in [0.5, 0.6) is 0 Å². The van der Waals surface area contributed by atoms with Crippen LogP contribution in [0.4, 0.5) is 13.2 Å². The minimum absolute atomic E-state index is 0.239. The third-order valence-corrected chi connectivity index (χ3v) is 3.73. The molecule has 2 nitrogen and oxygen atoms in total. The van der Waals surface area contributed by atoms with Crippen molar-refractivity contribution in [3.05, 3.63) is 35.4 Å². The number of halogens is 3. The van der Waals surface area contributed by atoms with Crippen molar-refractivity contribution in [2.45, 2.75) is 38.5 Å². The lowest BCUT2D eigenvalue weighted by atomic mass is 9.95. The van der Waals surface area contributed by atoms with Crippen molar-refractivity contribution in [2.75, 3.05) is 13.1 Å². The van der Waals surface area contributed by atoms with E-state index in [2.05, 4.69) is 18.7 Å². The lowest BCUT2D eigenvalue weighted by Crippen LogP contribution is -2.35. The van der Waals surface area contributed by atoms with Gasteiger partial charge >= 0.3 is 6.18 Å². The van der Waals surface area contributed by atoms with E-state index in [0.29, 0.717) is 11.5 Å². The first-order valence-corrected chi connectivity index (χ1v) is 6.96. The van der Waals surface area contributed by atoms with Crippen molar-refractivity contribution in [1.82, 2.24) is 4.90 Å². The molecule has 0 radical (unpaired) electrons. The summed E-state index contributed by atoms with van der Waals surface area (Å²) in [5.41, 5.74) is 5.83. The smallest absolute Gasteiger partial charge is 0.326 e. The molecule has 1 aromatic carbocycles. The maximum atomic E-state index is 13.2. The Morgan fingerprint density at radius 2 is 1.95 bits per heavy atom. The Morgan fingerprint density at radius 3 is 2.55 bits per heavy atom. The van der Waals surface area contributed by atoms with E-state index < -0.39 is 11.7 Å². The van der Waals surface area contributed by atoms with Crippen LogP contribution in [0.2, 0.25) is 0 Å². The van der Waals surface area contributed by atoms with Crippen molar-refractivity contribution < 1.29 is 13.2 Å². The number of hydrogen-bond acceptors (Lipinski definition) is 2. The number of nitrogens with two attached hydrogens (primary N) is 1. The predicted octanol–water partition coefficient (Wildman–Crippen LogP) is 3.44. The van der Waals surface area contributed by atoms with Crippen molar-refractivity contribution in [3.63, 3.8) is 0 Å². The van der Waals surface area contributed by atoms with Crippen LogP contribution in [0.1, 0.15) is 37.4 Å². The monoisotopic (exact) mass is 286 g/mol. The fourth-order valence-corrected chi connectivity index (χ4v) is 3.00. The summed E-state index contributed by atoms with van der Waals surface area (Å²) in [6.07, 6.45) is -3.59. The SMILES string of the molecule is CC(C)CN1CCC(N)C1c1ccccc1C(F)(F)F. The average molecular weight is 286 g/mol. The van der Waals surface area contributed by atoms with Crippen LogP contribution in [0.25, 0.3) is 0 Å². The van der Waals surface area contributed by atoms with Gasteiger partial charge in [0.1, 0.15) is 0 Å². The van der Waals surface area contributed by atoms with E-state index >= 15 is 0 Å². The third kappa shape index (κ3) is 3.15. The van der Waals surface area contributed by atoms with Gasteiger partial charge in [0.15, 0.2) is 0 Å². The van der Waals surface area contributed by atoms with Crippen LogP contribution in [0, 0.1) is 5.92 Å². The molecule has 1 aliphatic rings. The Kier molecular flexibility index (Phi) is 4.39. The van der Waals surface area contributed by atoms with Gasteiger partial charge in [-0.1, -0.05) is 32.0 Å². The third-order valence-electron chi connectivity index (χ3n) is 3.73. The first-order chi connectivity index (χ1) is 9.30. The van der Waals surface area contributed by atoms with E-state index in [1.807, 2.05) is 0 Å². The number of hydrogen-bond donors (Lipinski definition) is 1. The summed E-state index contributed by atoms with van der Waals surface area (Å²) in [7, 11) is 0. The molecule has 2 rings (SSSR count). The van der Waals surface area contributed by atoms with Crippen molar-refractivity contribution in [2.24, 2.45) is 11.7 Å². The van der Waals surface area contributed by atoms with Gasteiger partial charge < -0.3 is 5.73 Å². The second kappa shape index (κ2) is 5.74. The highest BCUT2D eigenvalue weighted by Gasteiger charge is 2.40. The first kappa shape index (κ1) is 15.3. The molecule has 20 heavy (non-hydrogen) atoms. The summed E-state index contributed by atoms with van der Waals surface area (Å²) < 4.78 is 39.5. The number of rotatable bonds is 3. The molecule has 5 heteroatoms. The second-order valence-corrected chi connectivity index (χ2v) is 5.87. The highest BCUT2D eigenvalue weighted by atomic mass is 19.4. The highest BCUT2D eigenvalue weighted by Crippen LogP contribution is 2.40. The molecule has 1 saturated heterocycles. The number of nitrogens with zero attached hydrogens (tertiary/aromatic N) is 1. The van der Waals surface area contributed by atoms with Gasteiger partial charge in [-0.15, -0.1) is 0 Å². The molecule has 2 atom stereocenters. The Morgan fingerprint density at radius 1 is 1.30 bits per heavy atom. The highest BCUT2D eigenvalue weighted by molar-refractivity contribution is 5.34. The fourth-order valence-electron chi connectivity index (χ4n) is 3.00. The van der Waals surface area contributed by atoms with E-state index in [4.69, 9.17) is 5.73 Å². The van der Waals surface area contributed by atoms with E-state index in [0.717, 1.165) is 25.6 Å². The van der Waals surface area contributed by atoms with Crippen molar-refractivity contribution in [1.29, 1.82) is 0 Å².